The highest BCUT2D eigenvalue weighted by Gasteiger charge is 2.07. The highest BCUT2D eigenvalue weighted by molar-refractivity contribution is 6.31. The van der Waals surface area contributed by atoms with Gasteiger partial charge in [-0.05, 0) is 47.9 Å². The molecule has 0 fully saturated rings. The minimum Gasteiger partial charge on any atom is -0.348 e. The molecule has 0 spiro atoms. The number of aryl methyl sites for hydroxylation is 1. The normalized spacial score (nSPS) is 10.7. The third-order valence-corrected chi connectivity index (χ3v) is 4.10. The maximum absolute atomic E-state index is 11.9. The lowest BCUT2D eigenvalue weighted by Gasteiger charge is -2.10. The van der Waals surface area contributed by atoms with Crippen molar-refractivity contribution in [3.8, 4) is 0 Å². The average Bonchev–Trinajstić information content (AvgIpc) is 2.60. The molecule has 2 rings (SSSR count). The van der Waals surface area contributed by atoms with Gasteiger partial charge in [-0.3, -0.25) is 9.59 Å². The van der Waals surface area contributed by atoms with Gasteiger partial charge in [0.1, 0.15) is 0 Å². The van der Waals surface area contributed by atoms with Crippen LogP contribution in [0.15, 0.2) is 48.5 Å². The van der Waals surface area contributed by atoms with Crippen molar-refractivity contribution in [2.24, 2.45) is 0 Å². The predicted octanol–water partition coefficient (Wildman–Crippen LogP) is 3.68. The molecule has 0 radical (unpaired) electrons. The number of rotatable bonds is 5. The van der Waals surface area contributed by atoms with Gasteiger partial charge < -0.3 is 10.2 Å². The second-order valence-corrected chi connectivity index (χ2v) is 6.36. The zero-order chi connectivity index (χ0) is 18.4. The molecule has 0 atom stereocenters. The van der Waals surface area contributed by atoms with E-state index in [2.05, 4.69) is 5.32 Å². The maximum Gasteiger partial charge on any atom is 0.253 e. The first kappa shape index (κ1) is 18.7. The van der Waals surface area contributed by atoms with Crippen molar-refractivity contribution in [1.82, 2.24) is 10.2 Å². The molecular formula is C20H21ClN2O2. The Bertz CT molecular complexity index is 796. The minimum atomic E-state index is -0.190. The molecule has 2 amide bonds. The summed E-state index contributed by atoms with van der Waals surface area (Å²) in [6.07, 6.45) is 3.20. The van der Waals surface area contributed by atoms with Gasteiger partial charge in [0.15, 0.2) is 0 Å². The predicted molar refractivity (Wildman–Crippen MR) is 102 cm³/mol. The number of carbonyl (C=O) groups is 2. The zero-order valence-corrected chi connectivity index (χ0v) is 15.3. The number of carbonyl (C=O) groups excluding carboxylic acids is 2. The van der Waals surface area contributed by atoms with E-state index >= 15 is 0 Å². The molecule has 0 aromatic heterocycles. The van der Waals surface area contributed by atoms with Crippen LogP contribution >= 0.6 is 11.6 Å². The second-order valence-electron chi connectivity index (χ2n) is 5.96. The molecule has 0 saturated heterocycles. The summed E-state index contributed by atoms with van der Waals surface area (Å²) in [5, 5.41) is 3.49. The van der Waals surface area contributed by atoms with Gasteiger partial charge in [-0.2, -0.15) is 0 Å². The molecule has 2 aromatic rings. The fourth-order valence-electron chi connectivity index (χ4n) is 2.16. The Balaban J connectivity index is 1.90. The molecule has 130 valence electrons. The molecule has 0 aliphatic rings. The topological polar surface area (TPSA) is 49.4 Å². The van der Waals surface area contributed by atoms with Gasteiger partial charge in [0.05, 0.1) is 0 Å². The van der Waals surface area contributed by atoms with E-state index < -0.39 is 0 Å². The molecule has 0 unspecified atom stereocenters. The summed E-state index contributed by atoms with van der Waals surface area (Å²) in [4.78, 5) is 25.3. The summed E-state index contributed by atoms with van der Waals surface area (Å²) in [6.45, 7) is 2.33. The van der Waals surface area contributed by atoms with Crippen molar-refractivity contribution in [3.05, 3.63) is 75.8 Å². The van der Waals surface area contributed by atoms with Crippen molar-refractivity contribution < 1.29 is 9.59 Å². The first-order chi connectivity index (χ1) is 11.9. The van der Waals surface area contributed by atoms with E-state index in [-0.39, 0.29) is 11.8 Å². The molecular weight excluding hydrogens is 336 g/mol. The SMILES string of the molecule is Cc1ccc(/C=C/C(=O)NCc2ccc(C(=O)N(C)C)cc2)cc1Cl. The van der Waals surface area contributed by atoms with Crippen molar-refractivity contribution in [1.29, 1.82) is 0 Å². The van der Waals surface area contributed by atoms with Gasteiger partial charge in [-0.25, -0.2) is 0 Å². The number of amides is 2. The first-order valence-electron chi connectivity index (χ1n) is 7.89. The highest BCUT2D eigenvalue weighted by atomic mass is 35.5. The van der Waals surface area contributed by atoms with Gasteiger partial charge in [0, 0.05) is 37.3 Å². The minimum absolute atomic E-state index is 0.0460. The Kier molecular flexibility index (Phi) is 6.37. The third kappa shape index (κ3) is 5.47. The number of benzene rings is 2. The smallest absolute Gasteiger partial charge is 0.253 e. The molecule has 25 heavy (non-hydrogen) atoms. The van der Waals surface area contributed by atoms with Gasteiger partial charge in [-0.15, -0.1) is 0 Å². The van der Waals surface area contributed by atoms with Crippen LogP contribution in [0.4, 0.5) is 0 Å². The Morgan fingerprint density at radius 1 is 1.12 bits per heavy atom. The lowest BCUT2D eigenvalue weighted by molar-refractivity contribution is -0.116. The monoisotopic (exact) mass is 356 g/mol. The summed E-state index contributed by atoms with van der Waals surface area (Å²) in [5.74, 6) is -0.236. The summed E-state index contributed by atoms with van der Waals surface area (Å²) in [6, 6.07) is 12.8. The van der Waals surface area contributed by atoms with Gasteiger partial charge in [0.2, 0.25) is 5.91 Å². The maximum atomic E-state index is 11.9. The van der Waals surface area contributed by atoms with E-state index in [0.717, 1.165) is 16.7 Å². The Labute approximate surface area is 153 Å². The Morgan fingerprint density at radius 3 is 2.40 bits per heavy atom. The molecule has 0 bridgehead atoms. The van der Waals surface area contributed by atoms with Gasteiger partial charge >= 0.3 is 0 Å². The summed E-state index contributed by atoms with van der Waals surface area (Å²) >= 11 is 6.06. The number of nitrogens with zero attached hydrogens (tertiary/aromatic N) is 1. The van der Waals surface area contributed by atoms with Crippen LogP contribution in [0.3, 0.4) is 0 Å². The van der Waals surface area contributed by atoms with E-state index in [9.17, 15) is 9.59 Å². The van der Waals surface area contributed by atoms with E-state index in [1.807, 2.05) is 37.3 Å². The lowest BCUT2D eigenvalue weighted by atomic mass is 10.1. The highest BCUT2D eigenvalue weighted by Crippen LogP contribution is 2.17. The van der Waals surface area contributed by atoms with Crippen LogP contribution in [0.25, 0.3) is 6.08 Å². The largest absolute Gasteiger partial charge is 0.348 e. The number of hydrogen-bond donors (Lipinski definition) is 1. The van der Waals surface area contributed by atoms with E-state index in [4.69, 9.17) is 11.6 Å². The lowest BCUT2D eigenvalue weighted by Crippen LogP contribution is -2.22. The Morgan fingerprint density at radius 2 is 1.80 bits per heavy atom. The molecule has 0 aliphatic heterocycles. The average molecular weight is 357 g/mol. The van der Waals surface area contributed by atoms with Crippen molar-refractivity contribution in [3.63, 3.8) is 0 Å². The summed E-state index contributed by atoms with van der Waals surface area (Å²) in [5.41, 5.74) is 3.42. The number of hydrogen-bond acceptors (Lipinski definition) is 2. The molecule has 2 aromatic carbocycles. The van der Waals surface area contributed by atoms with Crippen LogP contribution < -0.4 is 5.32 Å². The fourth-order valence-corrected chi connectivity index (χ4v) is 2.35. The van der Waals surface area contributed by atoms with E-state index in [1.165, 1.54) is 11.0 Å². The summed E-state index contributed by atoms with van der Waals surface area (Å²) in [7, 11) is 3.42. The first-order valence-corrected chi connectivity index (χ1v) is 8.27. The molecule has 0 saturated carbocycles. The number of nitrogens with one attached hydrogen (secondary N) is 1. The van der Waals surface area contributed by atoms with E-state index in [0.29, 0.717) is 17.1 Å². The van der Waals surface area contributed by atoms with Crippen molar-refractivity contribution in [2.75, 3.05) is 14.1 Å². The van der Waals surface area contributed by atoms with Gasteiger partial charge in [-0.1, -0.05) is 35.9 Å². The van der Waals surface area contributed by atoms with Crippen LogP contribution in [-0.4, -0.2) is 30.8 Å². The molecule has 1 N–H and O–H groups in total. The molecule has 4 nitrogen and oxygen atoms in total. The van der Waals surface area contributed by atoms with Crippen molar-refractivity contribution >= 4 is 29.5 Å². The summed E-state index contributed by atoms with van der Waals surface area (Å²) < 4.78 is 0. The number of halogens is 1. The van der Waals surface area contributed by atoms with Crippen LogP contribution in [0.2, 0.25) is 5.02 Å². The molecule has 0 heterocycles. The standard InChI is InChI=1S/C20H21ClN2O2/c1-14-4-5-15(12-18(14)21)8-11-19(24)22-13-16-6-9-17(10-7-16)20(25)23(2)3/h4-12H,13H2,1-3H3,(H,22,24)/b11-8+. The molecule has 0 aliphatic carbocycles. The molecule has 5 heteroatoms. The van der Waals surface area contributed by atoms with Gasteiger partial charge in [0.25, 0.3) is 5.91 Å². The zero-order valence-electron chi connectivity index (χ0n) is 14.5. The van der Waals surface area contributed by atoms with E-state index in [1.54, 1.807) is 32.3 Å². The van der Waals surface area contributed by atoms with Crippen molar-refractivity contribution in [2.45, 2.75) is 13.5 Å². The van der Waals surface area contributed by atoms with Crippen LogP contribution in [0.5, 0.6) is 0 Å². The van der Waals surface area contributed by atoms with Crippen LogP contribution in [0, 0.1) is 6.92 Å². The van der Waals surface area contributed by atoms with Crippen LogP contribution in [-0.2, 0) is 11.3 Å². The van der Waals surface area contributed by atoms with Crippen LogP contribution in [0.1, 0.15) is 27.0 Å². The second kappa shape index (κ2) is 8.49. The fraction of sp³-hybridized carbons (Fsp3) is 0.200. The third-order valence-electron chi connectivity index (χ3n) is 3.70. The Hall–Kier alpha value is -2.59. The quantitative estimate of drug-likeness (QED) is 0.831.